The number of carboxylic acid groups (broad SMARTS) is 1. The second-order valence-electron chi connectivity index (χ2n) is 2.97. The third-order valence-corrected chi connectivity index (χ3v) is 1.78. The Morgan fingerprint density at radius 1 is 1.46 bits per heavy atom. The van der Waals surface area contributed by atoms with E-state index in [1.165, 1.54) is 6.07 Å². The van der Waals surface area contributed by atoms with E-state index < -0.39 is 5.97 Å². The highest BCUT2D eigenvalue weighted by Crippen LogP contribution is 2.19. The molecule has 4 nitrogen and oxygen atoms in total. The van der Waals surface area contributed by atoms with E-state index in [0.717, 1.165) is 5.69 Å². The predicted octanol–water partition coefficient (Wildman–Crippen LogP) is 1.03. The Morgan fingerprint density at radius 3 is 2.46 bits per heavy atom. The fourth-order valence-electron chi connectivity index (χ4n) is 1.02. The van der Waals surface area contributed by atoms with E-state index in [0.29, 0.717) is 5.69 Å². The molecule has 4 heteroatoms. The molecule has 0 fully saturated rings. The lowest BCUT2D eigenvalue weighted by molar-refractivity contribution is 0.0698. The summed E-state index contributed by atoms with van der Waals surface area (Å²) in [6, 6.07) is 4.87. The number of benzene rings is 1. The van der Waals surface area contributed by atoms with Crippen molar-refractivity contribution < 1.29 is 9.90 Å². The van der Waals surface area contributed by atoms with Crippen molar-refractivity contribution in [2.75, 3.05) is 24.7 Å². The van der Waals surface area contributed by atoms with Gasteiger partial charge in [0.05, 0.1) is 5.56 Å². The minimum Gasteiger partial charge on any atom is -0.478 e. The van der Waals surface area contributed by atoms with Gasteiger partial charge in [-0.2, -0.15) is 0 Å². The second kappa shape index (κ2) is 3.35. The molecule has 0 bridgehead atoms. The lowest BCUT2D eigenvalue weighted by atomic mass is 10.1. The first-order chi connectivity index (χ1) is 6.02. The number of hydrogen-bond donors (Lipinski definition) is 2. The molecule has 0 spiro atoms. The van der Waals surface area contributed by atoms with E-state index in [1.54, 1.807) is 12.1 Å². The van der Waals surface area contributed by atoms with Crippen LogP contribution in [0.3, 0.4) is 0 Å². The summed E-state index contributed by atoms with van der Waals surface area (Å²) in [5, 5.41) is 8.70. The highest BCUT2D eigenvalue weighted by Gasteiger charge is 2.07. The smallest absolute Gasteiger partial charge is 0.337 e. The Morgan fingerprint density at radius 2 is 2.08 bits per heavy atom. The van der Waals surface area contributed by atoms with Crippen LogP contribution in [-0.4, -0.2) is 25.2 Å². The van der Waals surface area contributed by atoms with Crippen molar-refractivity contribution in [1.29, 1.82) is 0 Å². The van der Waals surface area contributed by atoms with Gasteiger partial charge in [-0.15, -0.1) is 0 Å². The van der Waals surface area contributed by atoms with Crippen molar-refractivity contribution in [3.8, 4) is 0 Å². The molecule has 1 aromatic carbocycles. The Labute approximate surface area is 76.6 Å². The minimum absolute atomic E-state index is 0.144. The predicted molar refractivity (Wildman–Crippen MR) is 52.1 cm³/mol. The number of anilines is 2. The molecular formula is C9H12N2O2. The molecular weight excluding hydrogens is 168 g/mol. The molecule has 70 valence electrons. The van der Waals surface area contributed by atoms with Gasteiger partial charge in [0, 0.05) is 25.5 Å². The van der Waals surface area contributed by atoms with Gasteiger partial charge >= 0.3 is 5.97 Å². The normalized spacial score (nSPS) is 9.69. The lowest BCUT2D eigenvalue weighted by Gasteiger charge is -2.13. The van der Waals surface area contributed by atoms with E-state index in [4.69, 9.17) is 10.8 Å². The number of nitrogens with zero attached hydrogens (tertiary/aromatic N) is 1. The summed E-state index contributed by atoms with van der Waals surface area (Å²) in [4.78, 5) is 12.5. The van der Waals surface area contributed by atoms with E-state index in [9.17, 15) is 4.79 Å². The molecule has 0 atom stereocenters. The Hall–Kier alpha value is -1.71. The van der Waals surface area contributed by atoms with Crippen molar-refractivity contribution in [2.45, 2.75) is 0 Å². The molecule has 1 rings (SSSR count). The van der Waals surface area contributed by atoms with Crippen LogP contribution in [0.1, 0.15) is 10.4 Å². The third kappa shape index (κ3) is 1.90. The summed E-state index contributed by atoms with van der Waals surface area (Å²) in [5.41, 5.74) is 6.88. The molecule has 13 heavy (non-hydrogen) atoms. The summed E-state index contributed by atoms with van der Waals surface area (Å²) < 4.78 is 0. The number of carboxylic acids is 1. The van der Waals surface area contributed by atoms with Crippen molar-refractivity contribution >= 4 is 17.3 Å². The Balaban J connectivity index is 3.13. The van der Waals surface area contributed by atoms with Crippen molar-refractivity contribution in [3.63, 3.8) is 0 Å². The van der Waals surface area contributed by atoms with Gasteiger partial charge in [-0.1, -0.05) is 0 Å². The minimum atomic E-state index is -0.997. The highest BCUT2D eigenvalue weighted by molar-refractivity contribution is 5.94. The largest absolute Gasteiger partial charge is 0.478 e. The molecule has 0 aromatic heterocycles. The van der Waals surface area contributed by atoms with Gasteiger partial charge in [-0.25, -0.2) is 4.79 Å². The first-order valence-corrected chi connectivity index (χ1v) is 3.82. The van der Waals surface area contributed by atoms with Crippen LogP contribution in [0.25, 0.3) is 0 Å². The van der Waals surface area contributed by atoms with Gasteiger partial charge in [0.15, 0.2) is 0 Å². The standard InChI is InChI=1S/C9H12N2O2/c1-11(2)6-3-4-7(9(12)13)8(10)5-6/h3-5H,10H2,1-2H3,(H,12,13). The number of hydrogen-bond acceptors (Lipinski definition) is 3. The van der Waals surface area contributed by atoms with Gasteiger partial charge in [-0.05, 0) is 18.2 Å². The molecule has 0 heterocycles. The van der Waals surface area contributed by atoms with Crippen LogP contribution in [0, 0.1) is 0 Å². The maximum absolute atomic E-state index is 10.6. The SMILES string of the molecule is CN(C)c1ccc(C(=O)O)c(N)c1. The highest BCUT2D eigenvalue weighted by atomic mass is 16.4. The molecule has 3 N–H and O–H groups in total. The maximum atomic E-state index is 10.6. The summed E-state index contributed by atoms with van der Waals surface area (Å²) in [5.74, 6) is -0.997. The first-order valence-electron chi connectivity index (χ1n) is 3.82. The number of carbonyl (C=O) groups is 1. The molecule has 0 aliphatic carbocycles. The Kier molecular flexibility index (Phi) is 2.41. The van der Waals surface area contributed by atoms with Crippen LogP contribution in [0.4, 0.5) is 11.4 Å². The van der Waals surface area contributed by atoms with Crippen molar-refractivity contribution in [3.05, 3.63) is 23.8 Å². The summed E-state index contributed by atoms with van der Waals surface area (Å²) in [6.45, 7) is 0. The van der Waals surface area contributed by atoms with Gasteiger partial charge in [-0.3, -0.25) is 0 Å². The summed E-state index contributed by atoms with van der Waals surface area (Å²) in [7, 11) is 3.74. The van der Waals surface area contributed by atoms with Gasteiger partial charge < -0.3 is 15.7 Å². The van der Waals surface area contributed by atoms with E-state index in [2.05, 4.69) is 0 Å². The molecule has 0 radical (unpaired) electrons. The van der Waals surface area contributed by atoms with Gasteiger partial charge in [0.25, 0.3) is 0 Å². The van der Waals surface area contributed by atoms with Crippen LogP contribution in [0.15, 0.2) is 18.2 Å². The Bertz CT molecular complexity index is 334. The van der Waals surface area contributed by atoms with E-state index in [-0.39, 0.29) is 5.56 Å². The fraction of sp³-hybridized carbons (Fsp3) is 0.222. The summed E-state index contributed by atoms with van der Waals surface area (Å²) in [6.07, 6.45) is 0. The molecule has 0 amide bonds. The van der Waals surface area contributed by atoms with Crippen LogP contribution in [-0.2, 0) is 0 Å². The average molecular weight is 180 g/mol. The second-order valence-corrected chi connectivity index (χ2v) is 2.97. The average Bonchev–Trinajstić information content (AvgIpc) is 2.03. The van der Waals surface area contributed by atoms with Crippen LogP contribution in [0.5, 0.6) is 0 Å². The number of nitrogen functional groups attached to an aromatic ring is 1. The van der Waals surface area contributed by atoms with Crippen molar-refractivity contribution in [2.24, 2.45) is 0 Å². The van der Waals surface area contributed by atoms with E-state index in [1.807, 2.05) is 19.0 Å². The zero-order valence-corrected chi connectivity index (χ0v) is 7.61. The first kappa shape index (κ1) is 9.38. The maximum Gasteiger partial charge on any atom is 0.337 e. The van der Waals surface area contributed by atoms with Gasteiger partial charge in [0.2, 0.25) is 0 Å². The molecule has 0 aliphatic rings. The number of aromatic carboxylic acids is 1. The molecule has 1 aromatic rings. The zero-order chi connectivity index (χ0) is 10.0. The van der Waals surface area contributed by atoms with Gasteiger partial charge in [0.1, 0.15) is 0 Å². The topological polar surface area (TPSA) is 66.6 Å². The van der Waals surface area contributed by atoms with Crippen molar-refractivity contribution in [1.82, 2.24) is 0 Å². The molecule has 0 aliphatic heterocycles. The van der Waals surface area contributed by atoms with E-state index >= 15 is 0 Å². The lowest BCUT2D eigenvalue weighted by Crippen LogP contribution is -2.10. The monoisotopic (exact) mass is 180 g/mol. The molecule has 0 unspecified atom stereocenters. The zero-order valence-electron chi connectivity index (χ0n) is 7.61. The van der Waals surface area contributed by atoms with Crippen LogP contribution >= 0.6 is 0 Å². The quantitative estimate of drug-likeness (QED) is 0.667. The molecule has 0 saturated carbocycles. The van der Waals surface area contributed by atoms with Crippen LogP contribution in [0.2, 0.25) is 0 Å². The summed E-state index contributed by atoms with van der Waals surface area (Å²) >= 11 is 0. The third-order valence-electron chi connectivity index (χ3n) is 1.78. The molecule has 0 saturated heterocycles. The number of rotatable bonds is 2. The number of nitrogens with two attached hydrogens (primary N) is 1. The van der Waals surface area contributed by atoms with Crippen LogP contribution < -0.4 is 10.6 Å². The fourth-order valence-corrected chi connectivity index (χ4v) is 1.02.